The largest absolute Gasteiger partial charge is 0.463 e. The molecule has 0 aliphatic rings. The summed E-state index contributed by atoms with van der Waals surface area (Å²) in [6, 6.07) is 0.697. The van der Waals surface area contributed by atoms with Gasteiger partial charge >= 0.3 is 18.0 Å². The summed E-state index contributed by atoms with van der Waals surface area (Å²) >= 11 is 0. The van der Waals surface area contributed by atoms with Crippen molar-refractivity contribution in [2.45, 2.75) is 156 Å². The van der Waals surface area contributed by atoms with Crippen molar-refractivity contribution >= 4 is 5.95 Å². The smallest absolute Gasteiger partial charge is 0.338 e. The maximum Gasteiger partial charge on any atom is 0.338 e. The molecular formula is C33H65N4O3+. The molecule has 234 valence electrons. The molecule has 0 aromatic carbocycles. The molecule has 0 saturated carbocycles. The van der Waals surface area contributed by atoms with Crippen LogP contribution < -0.4 is 14.0 Å². The van der Waals surface area contributed by atoms with Crippen LogP contribution in [-0.4, -0.2) is 59.5 Å². The summed E-state index contributed by atoms with van der Waals surface area (Å²) < 4.78 is 12.5. The minimum atomic E-state index is 0.0803. The van der Waals surface area contributed by atoms with Gasteiger partial charge < -0.3 is 14.6 Å². The monoisotopic (exact) mass is 566 g/mol. The Bertz CT molecular complexity index is 656. The zero-order valence-electron chi connectivity index (χ0n) is 26.9. The molecule has 0 spiro atoms. The lowest BCUT2D eigenvalue weighted by molar-refractivity contribution is 0.193. The van der Waals surface area contributed by atoms with Crippen LogP contribution in [0.4, 0.5) is 5.95 Å². The molecule has 0 saturated heterocycles. The average Bonchev–Trinajstić information content (AvgIpc) is 2.97. The molecule has 0 bridgehead atoms. The topological polar surface area (TPSA) is 77.4 Å². The number of aliphatic hydroxyl groups excluding tert-OH is 1. The number of rotatable bonds is 29. The lowest BCUT2D eigenvalue weighted by atomic mass is 10.1. The molecule has 0 radical (unpaired) electrons. The SMILES string of the molecule is CCCCCCCCCCCCOc1nc(OCCCCCCCCCCCC)nc([N+](CC)(CC)CCO)n1. The van der Waals surface area contributed by atoms with Gasteiger partial charge in [-0.3, -0.25) is 4.48 Å². The standard InChI is InChI=1S/C33H65N4O3/c1-5-9-11-13-15-17-19-21-23-25-29-39-32-34-31(37(7-3,8-4)27-28-38)35-33(36-32)40-30-26-24-22-20-18-16-14-12-10-6-2/h38H,5-30H2,1-4H3/q+1. The van der Waals surface area contributed by atoms with Crippen molar-refractivity contribution in [1.82, 2.24) is 19.4 Å². The summed E-state index contributed by atoms with van der Waals surface area (Å²) in [6.07, 6.45) is 25.8. The van der Waals surface area contributed by atoms with E-state index < -0.39 is 0 Å². The molecule has 0 aliphatic heterocycles. The van der Waals surface area contributed by atoms with Gasteiger partial charge in [0.15, 0.2) is 0 Å². The predicted octanol–water partition coefficient (Wildman–Crippen LogP) is 8.81. The third-order valence-electron chi connectivity index (χ3n) is 8.20. The third kappa shape index (κ3) is 16.7. The van der Waals surface area contributed by atoms with E-state index in [1.165, 1.54) is 116 Å². The highest BCUT2D eigenvalue weighted by Crippen LogP contribution is 2.23. The van der Waals surface area contributed by atoms with Gasteiger partial charge in [-0.25, -0.2) is 0 Å². The predicted molar refractivity (Wildman–Crippen MR) is 169 cm³/mol. The summed E-state index contributed by atoms with van der Waals surface area (Å²) in [5, 5.41) is 9.75. The summed E-state index contributed by atoms with van der Waals surface area (Å²) in [5.74, 6) is 0.630. The molecule has 0 aliphatic carbocycles. The molecular weight excluding hydrogens is 500 g/mol. The fourth-order valence-corrected chi connectivity index (χ4v) is 5.29. The average molecular weight is 566 g/mol. The summed E-state index contributed by atoms with van der Waals surface area (Å²) in [6.45, 7) is 12.2. The van der Waals surface area contributed by atoms with Gasteiger partial charge in [0, 0.05) is 0 Å². The van der Waals surface area contributed by atoms with Crippen molar-refractivity contribution in [3.63, 3.8) is 0 Å². The van der Waals surface area contributed by atoms with Crippen LogP contribution in [0.5, 0.6) is 12.0 Å². The van der Waals surface area contributed by atoms with Gasteiger partial charge in [-0.1, -0.05) is 129 Å². The fraction of sp³-hybridized carbons (Fsp3) is 0.909. The van der Waals surface area contributed by atoms with Crippen molar-refractivity contribution < 1.29 is 14.6 Å². The molecule has 40 heavy (non-hydrogen) atoms. The summed E-state index contributed by atoms with van der Waals surface area (Å²) in [7, 11) is 0. The molecule has 1 aromatic rings. The molecule has 7 heteroatoms. The Labute approximate surface area is 247 Å². The number of likely N-dealkylation sites (N-methyl/N-ethyl adjacent to an activating group) is 1. The van der Waals surface area contributed by atoms with Crippen molar-refractivity contribution in [3.8, 4) is 12.0 Å². The highest BCUT2D eigenvalue weighted by molar-refractivity contribution is 5.28. The Morgan fingerprint density at radius 2 is 0.850 bits per heavy atom. The number of ether oxygens (including phenoxy) is 2. The molecule has 0 amide bonds. The van der Waals surface area contributed by atoms with Gasteiger partial charge in [0.05, 0.1) is 32.9 Å². The van der Waals surface area contributed by atoms with E-state index in [0.29, 0.717) is 42.2 Å². The second-order valence-electron chi connectivity index (χ2n) is 11.5. The Balaban J connectivity index is 2.51. The minimum absolute atomic E-state index is 0.0803. The maximum absolute atomic E-state index is 9.75. The number of aromatic nitrogens is 3. The van der Waals surface area contributed by atoms with Gasteiger partial charge in [-0.15, -0.1) is 15.0 Å². The number of unbranched alkanes of at least 4 members (excludes halogenated alkanes) is 18. The first kappa shape index (κ1) is 36.6. The van der Waals surface area contributed by atoms with Crippen LogP contribution in [0.3, 0.4) is 0 Å². The van der Waals surface area contributed by atoms with E-state index in [2.05, 4.69) is 32.7 Å². The molecule has 1 N–H and O–H groups in total. The van der Waals surface area contributed by atoms with Gasteiger partial charge in [0.2, 0.25) is 0 Å². The van der Waals surface area contributed by atoms with Crippen LogP contribution in [0.1, 0.15) is 156 Å². The zero-order valence-corrected chi connectivity index (χ0v) is 26.9. The first-order valence-corrected chi connectivity index (χ1v) is 17.1. The molecule has 7 nitrogen and oxygen atoms in total. The Morgan fingerprint density at radius 3 is 1.18 bits per heavy atom. The van der Waals surface area contributed by atoms with E-state index in [0.717, 1.165) is 25.9 Å². The molecule has 1 heterocycles. The number of quaternary nitrogens is 1. The quantitative estimate of drug-likeness (QED) is 0.0772. The maximum atomic E-state index is 9.75. The van der Waals surface area contributed by atoms with E-state index in [1.807, 2.05) is 0 Å². The number of hydrogen-bond donors (Lipinski definition) is 1. The first-order chi connectivity index (χ1) is 19.7. The number of nitrogens with zero attached hydrogens (tertiary/aromatic N) is 4. The van der Waals surface area contributed by atoms with Gasteiger partial charge in [0.25, 0.3) is 0 Å². The lowest BCUT2D eigenvalue weighted by Gasteiger charge is -2.32. The fourth-order valence-electron chi connectivity index (χ4n) is 5.29. The molecule has 0 unspecified atom stereocenters. The third-order valence-corrected chi connectivity index (χ3v) is 8.20. The number of hydrogen-bond acceptors (Lipinski definition) is 6. The van der Waals surface area contributed by atoms with E-state index in [-0.39, 0.29) is 6.61 Å². The second kappa shape index (κ2) is 25.3. The van der Waals surface area contributed by atoms with Crippen LogP contribution in [0, 0.1) is 0 Å². The lowest BCUT2D eigenvalue weighted by Crippen LogP contribution is -2.52. The van der Waals surface area contributed by atoms with Crippen LogP contribution >= 0.6 is 0 Å². The number of aliphatic hydroxyl groups is 1. The van der Waals surface area contributed by atoms with Crippen molar-refractivity contribution in [2.75, 3.05) is 39.5 Å². The van der Waals surface area contributed by atoms with E-state index in [4.69, 9.17) is 19.4 Å². The van der Waals surface area contributed by atoms with E-state index >= 15 is 0 Å². The zero-order chi connectivity index (χ0) is 29.2. The Kier molecular flexibility index (Phi) is 23.1. The van der Waals surface area contributed by atoms with E-state index in [9.17, 15) is 5.11 Å². The van der Waals surface area contributed by atoms with Gasteiger partial charge in [-0.2, -0.15) is 0 Å². The second-order valence-corrected chi connectivity index (χ2v) is 11.5. The summed E-state index contributed by atoms with van der Waals surface area (Å²) in [4.78, 5) is 13.9. The van der Waals surface area contributed by atoms with Crippen LogP contribution in [0.2, 0.25) is 0 Å². The Morgan fingerprint density at radius 1 is 0.500 bits per heavy atom. The van der Waals surface area contributed by atoms with Crippen LogP contribution in [0.25, 0.3) is 0 Å². The highest BCUT2D eigenvalue weighted by atomic mass is 16.5. The Hall–Kier alpha value is -1.47. The first-order valence-electron chi connectivity index (χ1n) is 17.1. The highest BCUT2D eigenvalue weighted by Gasteiger charge is 2.31. The molecule has 0 fully saturated rings. The van der Waals surface area contributed by atoms with Crippen LogP contribution in [0.15, 0.2) is 0 Å². The van der Waals surface area contributed by atoms with Crippen molar-refractivity contribution in [3.05, 3.63) is 0 Å². The van der Waals surface area contributed by atoms with Gasteiger partial charge in [0.1, 0.15) is 6.54 Å². The minimum Gasteiger partial charge on any atom is -0.463 e. The van der Waals surface area contributed by atoms with Gasteiger partial charge in [-0.05, 0) is 26.7 Å². The molecule has 1 aromatic heterocycles. The molecule has 1 rings (SSSR count). The van der Waals surface area contributed by atoms with E-state index in [1.54, 1.807) is 0 Å². The normalized spacial score (nSPS) is 11.7. The summed E-state index contributed by atoms with van der Waals surface area (Å²) in [5.41, 5.74) is 0. The molecule has 0 atom stereocenters. The van der Waals surface area contributed by atoms with Crippen molar-refractivity contribution in [1.29, 1.82) is 0 Å². The van der Waals surface area contributed by atoms with Crippen molar-refractivity contribution in [2.24, 2.45) is 0 Å². The van der Waals surface area contributed by atoms with Crippen LogP contribution in [-0.2, 0) is 0 Å².